The zero-order valence-electron chi connectivity index (χ0n) is 10.0. The van der Waals surface area contributed by atoms with Crippen LogP contribution in [0, 0.1) is 5.92 Å². The van der Waals surface area contributed by atoms with E-state index in [1.807, 2.05) is 0 Å². The Morgan fingerprint density at radius 1 is 1.33 bits per heavy atom. The van der Waals surface area contributed by atoms with E-state index in [1.165, 1.54) is 0 Å². The molecule has 0 radical (unpaired) electrons. The number of rotatable bonds is 2. The summed E-state index contributed by atoms with van der Waals surface area (Å²) in [5, 5.41) is 9.00. The summed E-state index contributed by atoms with van der Waals surface area (Å²) >= 11 is 0. The Bertz CT molecular complexity index is 473. The molecular weight excluding hydrogens is 232 g/mol. The third-order valence-electron chi connectivity index (χ3n) is 3.25. The number of benzene rings is 1. The number of carbonyl (C=O) groups is 2. The molecule has 0 aromatic heterocycles. The van der Waals surface area contributed by atoms with Gasteiger partial charge in [-0.1, -0.05) is 12.1 Å². The molecule has 2 rings (SSSR count). The Kier molecular flexibility index (Phi) is 3.50. The highest BCUT2D eigenvalue weighted by Gasteiger charge is 2.29. The van der Waals surface area contributed by atoms with E-state index >= 15 is 0 Å². The average molecular weight is 248 g/mol. The van der Waals surface area contributed by atoms with E-state index < -0.39 is 11.9 Å². The molecule has 0 bridgehead atoms. The minimum Gasteiger partial charge on any atom is -0.481 e. The van der Waals surface area contributed by atoms with Crippen molar-refractivity contribution >= 4 is 17.6 Å². The Hall–Kier alpha value is -2.04. The molecule has 1 aromatic rings. The van der Waals surface area contributed by atoms with Crippen LogP contribution >= 0.6 is 0 Å². The molecule has 1 aliphatic rings. The number of carboxylic acids is 1. The van der Waals surface area contributed by atoms with Crippen LogP contribution in [-0.4, -0.2) is 35.0 Å². The number of likely N-dealkylation sites (tertiary alicyclic amines) is 1. The van der Waals surface area contributed by atoms with Gasteiger partial charge in [-0.3, -0.25) is 9.59 Å². The van der Waals surface area contributed by atoms with E-state index in [-0.39, 0.29) is 12.5 Å². The van der Waals surface area contributed by atoms with Gasteiger partial charge < -0.3 is 15.7 Å². The topological polar surface area (TPSA) is 83.6 Å². The molecule has 96 valence electrons. The molecular formula is C13H16N2O3. The van der Waals surface area contributed by atoms with Crippen LogP contribution in [0.25, 0.3) is 0 Å². The molecule has 1 aliphatic heterocycles. The van der Waals surface area contributed by atoms with Crippen LogP contribution < -0.4 is 5.73 Å². The first-order chi connectivity index (χ1) is 8.59. The number of nitrogens with two attached hydrogens (primary N) is 1. The maximum Gasteiger partial charge on any atom is 0.308 e. The molecule has 0 unspecified atom stereocenters. The molecule has 1 aromatic carbocycles. The first-order valence-corrected chi connectivity index (χ1v) is 5.96. The molecule has 0 saturated carbocycles. The number of hydrogen-bond acceptors (Lipinski definition) is 3. The predicted octanol–water partition coefficient (Wildman–Crippen LogP) is 1.21. The van der Waals surface area contributed by atoms with Gasteiger partial charge in [0, 0.05) is 18.8 Å². The van der Waals surface area contributed by atoms with Gasteiger partial charge >= 0.3 is 5.97 Å². The molecule has 5 nitrogen and oxygen atoms in total. The van der Waals surface area contributed by atoms with Crippen molar-refractivity contribution in [1.82, 2.24) is 4.90 Å². The molecule has 18 heavy (non-hydrogen) atoms. The minimum absolute atomic E-state index is 0.181. The molecule has 1 saturated heterocycles. The molecule has 5 heteroatoms. The SMILES string of the molecule is Nc1ccccc1C(=O)N1CCC[C@H](C(=O)O)C1. The molecule has 1 heterocycles. The van der Waals surface area contributed by atoms with E-state index in [9.17, 15) is 9.59 Å². The highest BCUT2D eigenvalue weighted by Crippen LogP contribution is 2.20. The molecule has 0 spiro atoms. The van der Waals surface area contributed by atoms with Crippen LogP contribution in [-0.2, 0) is 4.79 Å². The van der Waals surface area contributed by atoms with E-state index in [1.54, 1.807) is 29.2 Å². The highest BCUT2D eigenvalue weighted by molar-refractivity contribution is 5.99. The summed E-state index contributed by atoms with van der Waals surface area (Å²) in [6.07, 6.45) is 1.35. The first-order valence-electron chi connectivity index (χ1n) is 5.96. The number of carboxylic acid groups (broad SMARTS) is 1. The van der Waals surface area contributed by atoms with Gasteiger partial charge in [0.15, 0.2) is 0 Å². The highest BCUT2D eigenvalue weighted by atomic mass is 16.4. The lowest BCUT2D eigenvalue weighted by Crippen LogP contribution is -2.42. The van der Waals surface area contributed by atoms with Crippen molar-refractivity contribution in [3.63, 3.8) is 0 Å². The van der Waals surface area contributed by atoms with E-state index in [2.05, 4.69) is 0 Å². The summed E-state index contributed by atoms with van der Waals surface area (Å²) in [6.45, 7) is 0.861. The van der Waals surface area contributed by atoms with Gasteiger partial charge in [0.05, 0.1) is 11.5 Å². The van der Waals surface area contributed by atoms with Crippen LogP contribution in [0.2, 0.25) is 0 Å². The number of hydrogen-bond donors (Lipinski definition) is 2. The first kappa shape index (κ1) is 12.4. The number of nitrogens with zero attached hydrogens (tertiary/aromatic N) is 1. The lowest BCUT2D eigenvalue weighted by Gasteiger charge is -2.31. The van der Waals surface area contributed by atoms with Crippen molar-refractivity contribution in [3.8, 4) is 0 Å². The maximum absolute atomic E-state index is 12.2. The fourth-order valence-electron chi connectivity index (χ4n) is 2.23. The Morgan fingerprint density at radius 2 is 2.06 bits per heavy atom. The lowest BCUT2D eigenvalue weighted by atomic mass is 9.97. The smallest absolute Gasteiger partial charge is 0.308 e. The standard InChI is InChI=1S/C13H16N2O3/c14-11-6-2-1-5-10(11)12(16)15-7-3-4-9(8-15)13(17)18/h1-2,5-6,9H,3-4,7-8,14H2,(H,17,18)/t9-/m0/s1. The van der Waals surface area contributed by atoms with Crippen LogP contribution in [0.5, 0.6) is 0 Å². The van der Waals surface area contributed by atoms with Crippen LogP contribution in [0.4, 0.5) is 5.69 Å². The van der Waals surface area contributed by atoms with Gasteiger partial charge in [-0.15, -0.1) is 0 Å². The normalized spacial score (nSPS) is 19.6. The van der Waals surface area contributed by atoms with Crippen molar-refractivity contribution in [1.29, 1.82) is 0 Å². The van der Waals surface area contributed by atoms with Gasteiger partial charge in [-0.2, -0.15) is 0 Å². The third-order valence-corrected chi connectivity index (χ3v) is 3.25. The second-order valence-corrected chi connectivity index (χ2v) is 4.52. The van der Waals surface area contributed by atoms with Gasteiger partial charge in [0.2, 0.25) is 0 Å². The summed E-state index contributed by atoms with van der Waals surface area (Å²) < 4.78 is 0. The monoisotopic (exact) mass is 248 g/mol. The summed E-state index contributed by atoms with van der Waals surface area (Å²) in [5.74, 6) is -1.49. The number of anilines is 1. The van der Waals surface area contributed by atoms with Gasteiger partial charge in [-0.25, -0.2) is 0 Å². The van der Waals surface area contributed by atoms with Crippen molar-refractivity contribution < 1.29 is 14.7 Å². The second kappa shape index (κ2) is 5.08. The summed E-state index contributed by atoms with van der Waals surface area (Å²) in [4.78, 5) is 24.8. The number of amides is 1. The van der Waals surface area contributed by atoms with E-state index in [4.69, 9.17) is 10.8 Å². The van der Waals surface area contributed by atoms with E-state index in [0.29, 0.717) is 24.2 Å². The van der Waals surface area contributed by atoms with Crippen molar-refractivity contribution in [2.75, 3.05) is 18.8 Å². The van der Waals surface area contributed by atoms with E-state index in [0.717, 1.165) is 6.42 Å². The maximum atomic E-state index is 12.2. The Labute approximate surface area is 105 Å². The number of piperidine rings is 1. The molecule has 3 N–H and O–H groups in total. The fraction of sp³-hybridized carbons (Fsp3) is 0.385. The fourth-order valence-corrected chi connectivity index (χ4v) is 2.23. The van der Waals surface area contributed by atoms with Crippen LogP contribution in [0.3, 0.4) is 0 Å². The zero-order valence-corrected chi connectivity index (χ0v) is 10.0. The molecule has 1 atom stereocenters. The molecule has 1 amide bonds. The minimum atomic E-state index is -0.839. The lowest BCUT2D eigenvalue weighted by molar-refractivity contribution is -0.143. The summed E-state index contributed by atoms with van der Waals surface area (Å²) in [6, 6.07) is 6.86. The summed E-state index contributed by atoms with van der Waals surface area (Å²) in [5.41, 5.74) is 6.64. The Balaban J connectivity index is 2.14. The van der Waals surface area contributed by atoms with Gasteiger partial charge in [0.25, 0.3) is 5.91 Å². The number of aliphatic carboxylic acids is 1. The predicted molar refractivity (Wildman–Crippen MR) is 67.1 cm³/mol. The second-order valence-electron chi connectivity index (χ2n) is 4.52. The van der Waals surface area contributed by atoms with Crippen molar-refractivity contribution in [2.24, 2.45) is 5.92 Å². The van der Waals surface area contributed by atoms with Gasteiger partial charge in [0.1, 0.15) is 0 Å². The number of carbonyl (C=O) groups excluding carboxylic acids is 1. The largest absolute Gasteiger partial charge is 0.481 e. The summed E-state index contributed by atoms with van der Waals surface area (Å²) in [7, 11) is 0. The number of nitrogen functional groups attached to an aromatic ring is 1. The Morgan fingerprint density at radius 3 is 2.72 bits per heavy atom. The molecule has 1 fully saturated rings. The van der Waals surface area contributed by atoms with Crippen molar-refractivity contribution in [2.45, 2.75) is 12.8 Å². The van der Waals surface area contributed by atoms with Crippen molar-refractivity contribution in [3.05, 3.63) is 29.8 Å². The molecule has 0 aliphatic carbocycles. The van der Waals surface area contributed by atoms with Crippen LogP contribution in [0.1, 0.15) is 23.2 Å². The number of para-hydroxylation sites is 1. The van der Waals surface area contributed by atoms with Gasteiger partial charge in [-0.05, 0) is 25.0 Å². The zero-order chi connectivity index (χ0) is 13.1. The average Bonchev–Trinajstić information content (AvgIpc) is 2.38. The third kappa shape index (κ3) is 2.45. The van der Waals surface area contributed by atoms with Crippen LogP contribution in [0.15, 0.2) is 24.3 Å². The quantitative estimate of drug-likeness (QED) is 0.770.